The minimum Gasteiger partial charge on any atom is -0.389 e. The van der Waals surface area contributed by atoms with Crippen LogP contribution in [-0.4, -0.2) is 10.7 Å². The third-order valence-corrected chi connectivity index (χ3v) is 5.58. The monoisotopic (exact) mass is 244 g/mol. The van der Waals surface area contributed by atoms with Crippen LogP contribution in [0.15, 0.2) is 30.3 Å². The Bertz CT molecular complexity index is 413. The van der Waals surface area contributed by atoms with E-state index in [9.17, 15) is 5.11 Å². The van der Waals surface area contributed by atoms with Crippen LogP contribution in [0.4, 0.5) is 0 Å². The minimum atomic E-state index is -0.347. The Hall–Kier alpha value is -0.820. The van der Waals surface area contributed by atoms with E-state index >= 15 is 0 Å². The molecule has 1 nitrogen and oxygen atoms in total. The Kier molecular flexibility index (Phi) is 2.97. The average molecular weight is 244 g/mol. The highest BCUT2D eigenvalue weighted by molar-refractivity contribution is 5.17. The molecule has 2 fully saturated rings. The van der Waals surface area contributed by atoms with Gasteiger partial charge in [0.1, 0.15) is 0 Å². The Morgan fingerprint density at radius 2 is 1.89 bits per heavy atom. The fourth-order valence-electron chi connectivity index (χ4n) is 4.31. The molecule has 2 saturated carbocycles. The van der Waals surface area contributed by atoms with Gasteiger partial charge in [-0.15, -0.1) is 0 Å². The molecule has 0 radical (unpaired) electrons. The van der Waals surface area contributed by atoms with Gasteiger partial charge < -0.3 is 5.11 Å². The molecule has 0 unspecified atom stereocenters. The topological polar surface area (TPSA) is 20.2 Å². The molecule has 0 aromatic heterocycles. The summed E-state index contributed by atoms with van der Waals surface area (Å²) in [4.78, 5) is 0. The van der Waals surface area contributed by atoms with Crippen molar-refractivity contribution in [2.75, 3.05) is 0 Å². The summed E-state index contributed by atoms with van der Waals surface area (Å²) in [6.45, 7) is 2.30. The largest absolute Gasteiger partial charge is 0.389 e. The highest BCUT2D eigenvalue weighted by Crippen LogP contribution is 2.62. The normalized spacial score (nSPS) is 38.9. The van der Waals surface area contributed by atoms with E-state index in [0.29, 0.717) is 5.92 Å². The van der Waals surface area contributed by atoms with Crippen LogP contribution in [0.2, 0.25) is 0 Å². The Morgan fingerprint density at radius 1 is 1.17 bits per heavy atom. The average Bonchev–Trinajstić information content (AvgIpc) is 2.39. The summed E-state index contributed by atoms with van der Waals surface area (Å²) in [5.41, 5.74) is 1.29. The smallest absolute Gasteiger partial charge is 0.0729 e. The first-order valence-corrected chi connectivity index (χ1v) is 7.40. The first kappa shape index (κ1) is 12.2. The van der Waals surface area contributed by atoms with Gasteiger partial charge in [-0.2, -0.15) is 0 Å². The number of fused-ring (bicyclic) bond motifs is 1. The van der Waals surface area contributed by atoms with Crippen LogP contribution in [-0.2, 0) is 6.42 Å². The summed E-state index contributed by atoms with van der Waals surface area (Å²) >= 11 is 0. The van der Waals surface area contributed by atoms with E-state index in [1.807, 2.05) is 0 Å². The lowest BCUT2D eigenvalue weighted by Crippen LogP contribution is -2.64. The lowest BCUT2D eigenvalue weighted by atomic mass is 9.45. The second-order valence-electron chi connectivity index (χ2n) is 6.62. The first-order chi connectivity index (χ1) is 8.64. The summed E-state index contributed by atoms with van der Waals surface area (Å²) < 4.78 is 0. The molecule has 2 aliphatic rings. The highest BCUT2D eigenvalue weighted by Gasteiger charge is 2.61. The van der Waals surface area contributed by atoms with Crippen LogP contribution in [0.25, 0.3) is 0 Å². The SMILES string of the molecule is C[C@@]12CCCC[C@]1(O)[C@H](CCc1ccccc1)C2. The Balaban J connectivity index is 1.62. The molecule has 0 spiro atoms. The summed E-state index contributed by atoms with van der Waals surface area (Å²) in [7, 11) is 0. The van der Waals surface area contributed by atoms with Gasteiger partial charge in [0.15, 0.2) is 0 Å². The van der Waals surface area contributed by atoms with Gasteiger partial charge in [0, 0.05) is 0 Å². The summed E-state index contributed by atoms with van der Waals surface area (Å²) in [5.74, 6) is 0.531. The molecule has 3 atom stereocenters. The molecule has 98 valence electrons. The van der Waals surface area contributed by atoms with Gasteiger partial charge in [-0.25, -0.2) is 0 Å². The molecule has 0 heterocycles. The number of hydrogen-bond acceptors (Lipinski definition) is 1. The molecule has 0 aliphatic heterocycles. The molecule has 2 aliphatic carbocycles. The molecule has 18 heavy (non-hydrogen) atoms. The van der Waals surface area contributed by atoms with Crippen molar-refractivity contribution >= 4 is 0 Å². The zero-order valence-electron chi connectivity index (χ0n) is 11.4. The molecule has 0 bridgehead atoms. The number of benzene rings is 1. The summed E-state index contributed by atoms with van der Waals surface area (Å²) in [6.07, 6.45) is 8.28. The Morgan fingerprint density at radius 3 is 2.61 bits per heavy atom. The number of aliphatic hydroxyl groups is 1. The molecule has 1 aromatic rings. The molecule has 0 saturated heterocycles. The predicted molar refractivity (Wildman–Crippen MR) is 74.4 cm³/mol. The van der Waals surface area contributed by atoms with Crippen molar-refractivity contribution in [1.82, 2.24) is 0 Å². The van der Waals surface area contributed by atoms with Crippen molar-refractivity contribution < 1.29 is 5.11 Å². The molecule has 1 heteroatoms. The fraction of sp³-hybridized carbons (Fsp3) is 0.647. The van der Waals surface area contributed by atoms with Gasteiger partial charge in [0.2, 0.25) is 0 Å². The number of aryl methyl sites for hydroxylation is 1. The molecule has 1 N–H and O–H groups in total. The van der Waals surface area contributed by atoms with Gasteiger partial charge in [-0.3, -0.25) is 0 Å². The zero-order chi connectivity index (χ0) is 12.6. The quantitative estimate of drug-likeness (QED) is 0.853. The molecular weight excluding hydrogens is 220 g/mol. The van der Waals surface area contributed by atoms with Crippen LogP contribution in [0.5, 0.6) is 0 Å². The molecule has 0 amide bonds. The van der Waals surface area contributed by atoms with E-state index in [0.717, 1.165) is 19.3 Å². The van der Waals surface area contributed by atoms with Gasteiger partial charge in [0.25, 0.3) is 0 Å². The van der Waals surface area contributed by atoms with Gasteiger partial charge in [-0.1, -0.05) is 50.1 Å². The third kappa shape index (κ3) is 1.80. The highest BCUT2D eigenvalue weighted by atomic mass is 16.3. The Labute approximate surface area is 110 Å². The molecular formula is C17H24O. The summed E-state index contributed by atoms with van der Waals surface area (Å²) in [5, 5.41) is 10.9. The fourth-order valence-corrected chi connectivity index (χ4v) is 4.31. The standard InChI is InChI=1S/C17H24O/c1-16-11-5-6-12-17(16,18)15(13-16)10-9-14-7-3-2-4-8-14/h2-4,7-8,15,18H,5-6,9-13H2,1H3/t15-,16+,17+/m1/s1. The summed E-state index contributed by atoms with van der Waals surface area (Å²) in [6, 6.07) is 10.7. The van der Waals surface area contributed by atoms with Crippen molar-refractivity contribution in [2.45, 2.75) is 57.5 Å². The van der Waals surface area contributed by atoms with Crippen molar-refractivity contribution in [3.05, 3.63) is 35.9 Å². The number of rotatable bonds is 3. The van der Waals surface area contributed by atoms with Crippen molar-refractivity contribution in [1.29, 1.82) is 0 Å². The van der Waals surface area contributed by atoms with E-state index in [1.54, 1.807) is 0 Å². The lowest BCUT2D eigenvalue weighted by molar-refractivity contribution is -0.231. The van der Waals surface area contributed by atoms with Gasteiger partial charge in [0.05, 0.1) is 5.60 Å². The minimum absolute atomic E-state index is 0.229. The van der Waals surface area contributed by atoms with Gasteiger partial charge >= 0.3 is 0 Å². The molecule has 3 rings (SSSR count). The zero-order valence-corrected chi connectivity index (χ0v) is 11.4. The van der Waals surface area contributed by atoms with Crippen molar-refractivity contribution in [2.24, 2.45) is 11.3 Å². The predicted octanol–water partition coefficient (Wildman–Crippen LogP) is 3.95. The van der Waals surface area contributed by atoms with E-state index < -0.39 is 0 Å². The van der Waals surface area contributed by atoms with Gasteiger partial charge in [-0.05, 0) is 49.0 Å². The van der Waals surface area contributed by atoms with E-state index in [1.165, 1.54) is 31.2 Å². The maximum absolute atomic E-state index is 10.9. The second-order valence-corrected chi connectivity index (χ2v) is 6.62. The second kappa shape index (κ2) is 4.38. The van der Waals surface area contributed by atoms with Crippen molar-refractivity contribution in [3.63, 3.8) is 0 Å². The number of hydrogen-bond donors (Lipinski definition) is 1. The third-order valence-electron chi connectivity index (χ3n) is 5.58. The first-order valence-electron chi connectivity index (χ1n) is 7.40. The van der Waals surface area contributed by atoms with E-state index in [2.05, 4.69) is 37.3 Å². The lowest BCUT2D eigenvalue weighted by Gasteiger charge is -2.63. The van der Waals surface area contributed by atoms with Crippen LogP contribution in [0.1, 0.15) is 51.0 Å². The van der Waals surface area contributed by atoms with Crippen LogP contribution in [0.3, 0.4) is 0 Å². The maximum atomic E-state index is 10.9. The van der Waals surface area contributed by atoms with Crippen molar-refractivity contribution in [3.8, 4) is 0 Å². The van der Waals surface area contributed by atoms with Crippen LogP contribution >= 0.6 is 0 Å². The van der Waals surface area contributed by atoms with E-state index in [-0.39, 0.29) is 11.0 Å². The van der Waals surface area contributed by atoms with E-state index in [4.69, 9.17) is 0 Å². The molecule has 1 aromatic carbocycles. The van der Waals surface area contributed by atoms with Crippen LogP contribution < -0.4 is 0 Å². The van der Waals surface area contributed by atoms with Crippen LogP contribution in [0, 0.1) is 11.3 Å². The maximum Gasteiger partial charge on any atom is 0.0729 e.